The number of aliphatic hydroxyl groups excluding tert-OH is 3. The van der Waals surface area contributed by atoms with Crippen LogP contribution in [-0.2, 0) is 38.3 Å². The molecular formula is C58H108O12S. The van der Waals surface area contributed by atoms with E-state index in [0.717, 1.165) is 57.8 Å². The van der Waals surface area contributed by atoms with Crippen molar-refractivity contribution in [2.75, 3.05) is 26.4 Å². The Bertz CT molecular complexity index is 1370. The predicted octanol–water partition coefficient (Wildman–Crippen LogP) is 14.5. The second kappa shape index (κ2) is 49.2. The van der Waals surface area contributed by atoms with Crippen molar-refractivity contribution in [3.63, 3.8) is 0 Å². The molecule has 1 saturated heterocycles. The van der Waals surface area contributed by atoms with Gasteiger partial charge in [-0.25, -0.2) is 4.18 Å². The first-order chi connectivity index (χ1) is 34.6. The molecule has 0 aromatic carbocycles. The molecule has 0 aromatic heterocycles. The zero-order valence-electron chi connectivity index (χ0n) is 45.3. The Balaban J connectivity index is 2.30. The van der Waals surface area contributed by atoms with Crippen LogP contribution in [0.1, 0.15) is 264 Å². The summed E-state index contributed by atoms with van der Waals surface area (Å²) in [5, 5.41) is 30.8. The first-order valence-corrected chi connectivity index (χ1v) is 30.6. The van der Waals surface area contributed by atoms with Gasteiger partial charge in [0, 0.05) is 13.0 Å². The molecule has 0 aromatic rings. The van der Waals surface area contributed by atoms with Crippen LogP contribution in [0.15, 0.2) is 36.5 Å². The lowest BCUT2D eigenvalue weighted by Gasteiger charge is -2.41. The maximum absolute atomic E-state index is 13.0. The average Bonchev–Trinajstić information content (AvgIpc) is 3.35. The van der Waals surface area contributed by atoms with E-state index in [4.69, 9.17) is 18.9 Å². The van der Waals surface area contributed by atoms with Gasteiger partial charge in [-0.1, -0.05) is 243 Å². The van der Waals surface area contributed by atoms with E-state index in [1.165, 1.54) is 180 Å². The van der Waals surface area contributed by atoms with Gasteiger partial charge in [-0.05, 0) is 51.4 Å². The number of hydrogen-bond donors (Lipinski definition) is 4. The van der Waals surface area contributed by atoms with Crippen molar-refractivity contribution in [1.82, 2.24) is 0 Å². The molecule has 0 aliphatic carbocycles. The lowest BCUT2D eigenvalue weighted by atomic mass is 9.99. The van der Waals surface area contributed by atoms with Crippen LogP contribution >= 0.6 is 0 Å². The predicted molar refractivity (Wildman–Crippen MR) is 290 cm³/mol. The van der Waals surface area contributed by atoms with E-state index in [1.54, 1.807) is 0 Å². The highest BCUT2D eigenvalue weighted by atomic mass is 32.3. The van der Waals surface area contributed by atoms with Gasteiger partial charge in [-0.2, -0.15) is 8.42 Å². The second-order valence-corrected chi connectivity index (χ2v) is 21.3. The first kappa shape index (κ1) is 67.3. The Morgan fingerprint density at radius 3 is 1.35 bits per heavy atom. The number of rotatable bonds is 52. The van der Waals surface area contributed by atoms with Gasteiger partial charge < -0.3 is 34.3 Å². The van der Waals surface area contributed by atoms with E-state index in [9.17, 15) is 33.1 Å². The van der Waals surface area contributed by atoms with Crippen molar-refractivity contribution in [3.05, 3.63) is 36.5 Å². The number of allylic oxidation sites excluding steroid dienone is 6. The van der Waals surface area contributed by atoms with Crippen LogP contribution in [0.2, 0.25) is 0 Å². The number of carbonyl (C=O) groups excluding carboxylic acids is 1. The van der Waals surface area contributed by atoms with Gasteiger partial charge in [0.2, 0.25) is 0 Å². The number of aliphatic hydroxyl groups is 3. The lowest BCUT2D eigenvalue weighted by molar-refractivity contribution is -0.301. The van der Waals surface area contributed by atoms with Crippen LogP contribution in [0.3, 0.4) is 0 Å². The van der Waals surface area contributed by atoms with Crippen LogP contribution < -0.4 is 0 Å². The fourth-order valence-electron chi connectivity index (χ4n) is 9.09. The molecule has 0 spiro atoms. The number of carbonyl (C=O) groups is 1. The molecule has 1 heterocycles. The highest BCUT2D eigenvalue weighted by Crippen LogP contribution is 2.26. The third-order valence-corrected chi connectivity index (χ3v) is 14.0. The van der Waals surface area contributed by atoms with Gasteiger partial charge in [0.15, 0.2) is 6.29 Å². The van der Waals surface area contributed by atoms with Crippen molar-refractivity contribution in [2.24, 2.45) is 0 Å². The summed E-state index contributed by atoms with van der Waals surface area (Å²) in [4.78, 5) is 13.0. The molecule has 4 N–H and O–H groups in total. The number of ether oxygens (including phenoxy) is 4. The Kier molecular flexibility index (Phi) is 46.7. The number of unbranched alkanes of at least 4 members (excludes halogenated alkanes) is 33. The molecule has 13 heteroatoms. The molecule has 1 rings (SSSR count). The van der Waals surface area contributed by atoms with Crippen LogP contribution in [0.4, 0.5) is 0 Å². The minimum absolute atomic E-state index is 0.0365. The Hall–Kier alpha value is -1.68. The van der Waals surface area contributed by atoms with E-state index in [2.05, 4.69) is 54.5 Å². The van der Waals surface area contributed by atoms with Gasteiger partial charge in [0.25, 0.3) is 0 Å². The fourth-order valence-corrected chi connectivity index (χ4v) is 9.60. The first-order valence-electron chi connectivity index (χ1n) is 29.2. The summed E-state index contributed by atoms with van der Waals surface area (Å²) in [6.07, 6.45) is 51.8. The highest BCUT2D eigenvalue weighted by molar-refractivity contribution is 7.80. The molecule has 0 amide bonds. The van der Waals surface area contributed by atoms with Gasteiger partial charge >= 0.3 is 16.4 Å². The normalized spacial score (nSPS) is 19.2. The van der Waals surface area contributed by atoms with Crippen LogP contribution in [-0.4, -0.2) is 97.5 Å². The van der Waals surface area contributed by atoms with Crippen LogP contribution in [0, 0.1) is 0 Å². The monoisotopic (exact) mass is 1030 g/mol. The summed E-state index contributed by atoms with van der Waals surface area (Å²) < 4.78 is 59.4. The van der Waals surface area contributed by atoms with Gasteiger partial charge in [0.1, 0.15) is 30.5 Å². The molecule has 0 bridgehead atoms. The van der Waals surface area contributed by atoms with Crippen molar-refractivity contribution >= 4 is 16.4 Å². The van der Waals surface area contributed by atoms with Gasteiger partial charge in [-0.15, -0.1) is 0 Å². The van der Waals surface area contributed by atoms with Crippen molar-refractivity contribution in [2.45, 2.75) is 301 Å². The van der Waals surface area contributed by atoms with E-state index in [-0.39, 0.29) is 19.6 Å². The molecule has 0 saturated carbocycles. The summed E-state index contributed by atoms with van der Waals surface area (Å²) in [5.74, 6) is -0.401. The van der Waals surface area contributed by atoms with Crippen molar-refractivity contribution < 1.29 is 56.2 Å². The van der Waals surface area contributed by atoms with E-state index in [1.807, 2.05) is 0 Å². The van der Waals surface area contributed by atoms with Crippen LogP contribution in [0.5, 0.6) is 0 Å². The minimum Gasteiger partial charge on any atom is -0.457 e. The highest BCUT2D eigenvalue weighted by Gasteiger charge is 2.48. The maximum Gasteiger partial charge on any atom is 0.397 e. The molecular weight excluding hydrogens is 921 g/mol. The fraction of sp³-hybridized carbons (Fsp3) is 0.879. The number of hydrogen-bond acceptors (Lipinski definition) is 11. The largest absolute Gasteiger partial charge is 0.457 e. The smallest absolute Gasteiger partial charge is 0.397 e. The maximum atomic E-state index is 13.0. The van der Waals surface area contributed by atoms with E-state index in [0.29, 0.717) is 13.0 Å². The van der Waals surface area contributed by atoms with Crippen molar-refractivity contribution in [3.8, 4) is 0 Å². The van der Waals surface area contributed by atoms with E-state index >= 15 is 0 Å². The average molecular weight is 1030 g/mol. The van der Waals surface area contributed by atoms with E-state index < -0.39 is 59.8 Å². The third-order valence-electron chi connectivity index (χ3n) is 13.5. The molecule has 71 heavy (non-hydrogen) atoms. The molecule has 6 atom stereocenters. The molecule has 6 unspecified atom stereocenters. The minimum atomic E-state index is -5.07. The topological polar surface area (TPSA) is 178 Å². The quantitative estimate of drug-likeness (QED) is 0.0196. The summed E-state index contributed by atoms with van der Waals surface area (Å²) in [7, 11) is -5.07. The van der Waals surface area contributed by atoms with Crippen molar-refractivity contribution in [1.29, 1.82) is 0 Å². The number of esters is 1. The van der Waals surface area contributed by atoms with Gasteiger partial charge in [-0.3, -0.25) is 9.35 Å². The zero-order chi connectivity index (χ0) is 51.7. The second-order valence-electron chi connectivity index (χ2n) is 20.2. The molecule has 0 radical (unpaired) electrons. The SMILES string of the molecule is CCCCCCC/C=C\C/C=C\C/C=C\CCCCCCCCCCC(=O)OC(COCCCCCCCCCCCCCCCCCCCCCCC)COC1OC(CO)C(O)C(OS(=O)(=O)O)C1O. The lowest BCUT2D eigenvalue weighted by Crippen LogP contribution is -2.60. The zero-order valence-corrected chi connectivity index (χ0v) is 46.1. The summed E-state index contributed by atoms with van der Waals surface area (Å²) in [6.45, 7) is 4.03. The Morgan fingerprint density at radius 1 is 0.535 bits per heavy atom. The standard InChI is InChI=1S/C58H108O12S/c1-3-5-7-9-11-13-15-17-19-21-23-25-26-27-29-31-33-35-37-39-41-43-45-47-54(60)68-52(51-67-58-56(62)57(70-71(63,64)65)55(61)53(49-59)69-58)50-66-48-46-44-42-40-38-36-34-32-30-28-24-22-20-18-16-14-12-10-8-6-4-2/h15,17,21,23,26-27,52-53,55-59,61-62H,3-14,16,18-20,22,24-25,28-51H2,1-2H3,(H,63,64,65)/b17-15-,23-21-,27-26-. The Labute approximate surface area is 434 Å². The summed E-state index contributed by atoms with van der Waals surface area (Å²) in [5.41, 5.74) is 0. The summed E-state index contributed by atoms with van der Waals surface area (Å²) in [6, 6.07) is 0. The Morgan fingerprint density at radius 2 is 0.930 bits per heavy atom. The molecule has 1 fully saturated rings. The molecule has 418 valence electrons. The molecule has 12 nitrogen and oxygen atoms in total. The molecule has 1 aliphatic heterocycles. The van der Waals surface area contributed by atoms with Gasteiger partial charge in [0.05, 0.1) is 19.8 Å². The molecule has 1 aliphatic rings. The van der Waals surface area contributed by atoms with Crippen LogP contribution in [0.25, 0.3) is 0 Å². The summed E-state index contributed by atoms with van der Waals surface area (Å²) >= 11 is 0. The third kappa shape index (κ3) is 42.3.